The molecule has 0 aliphatic carbocycles. The first-order chi connectivity index (χ1) is 16.2. The van der Waals surface area contributed by atoms with Crippen LogP contribution in [0, 0.1) is 5.92 Å². The predicted molar refractivity (Wildman–Crippen MR) is 129 cm³/mol. The van der Waals surface area contributed by atoms with Crippen LogP contribution in [0.1, 0.15) is 41.6 Å². The van der Waals surface area contributed by atoms with Crippen LogP contribution in [0.3, 0.4) is 0 Å². The van der Waals surface area contributed by atoms with Crippen LogP contribution in [-0.4, -0.2) is 68.8 Å². The van der Waals surface area contributed by atoms with Gasteiger partial charge in [-0.3, -0.25) is 9.69 Å². The Morgan fingerprint density at radius 3 is 2.73 bits per heavy atom. The first kappa shape index (κ1) is 23.6. The van der Waals surface area contributed by atoms with Gasteiger partial charge in [0.2, 0.25) is 0 Å². The summed E-state index contributed by atoms with van der Waals surface area (Å²) in [6.07, 6.45) is 4.43. The molecule has 0 spiro atoms. The van der Waals surface area contributed by atoms with Crippen molar-refractivity contribution in [2.75, 3.05) is 47.0 Å². The van der Waals surface area contributed by atoms with Crippen LogP contribution in [0.15, 0.2) is 48.5 Å². The van der Waals surface area contributed by atoms with Gasteiger partial charge in [0.05, 0.1) is 13.2 Å². The molecule has 2 aromatic carbocycles. The Balaban J connectivity index is 1.50. The fraction of sp³-hybridized carbons (Fsp3) is 0.519. The van der Waals surface area contributed by atoms with E-state index < -0.39 is 0 Å². The summed E-state index contributed by atoms with van der Waals surface area (Å²) in [5.74, 6) is 2.11. The van der Waals surface area contributed by atoms with Crippen LogP contribution in [0.2, 0.25) is 0 Å². The fourth-order valence-electron chi connectivity index (χ4n) is 5.02. The second-order valence-corrected chi connectivity index (χ2v) is 9.07. The number of fused-ring (bicyclic) bond motifs is 4. The second kappa shape index (κ2) is 11.5. The topological polar surface area (TPSA) is 51.2 Å². The zero-order valence-corrected chi connectivity index (χ0v) is 19.9. The Labute approximate surface area is 197 Å². The summed E-state index contributed by atoms with van der Waals surface area (Å²) < 4.78 is 17.3. The minimum Gasteiger partial charge on any atom is -0.497 e. The van der Waals surface area contributed by atoms with E-state index in [4.69, 9.17) is 14.2 Å². The lowest BCUT2D eigenvalue weighted by Crippen LogP contribution is -2.46. The van der Waals surface area contributed by atoms with Crippen molar-refractivity contribution in [1.82, 2.24) is 9.80 Å². The highest BCUT2D eigenvalue weighted by Gasteiger charge is 2.31. The molecule has 2 aliphatic rings. The minimum absolute atomic E-state index is 0.0922. The fourth-order valence-corrected chi connectivity index (χ4v) is 5.02. The first-order valence-corrected chi connectivity index (χ1v) is 12.1. The van der Waals surface area contributed by atoms with Crippen LogP contribution >= 0.6 is 0 Å². The van der Waals surface area contributed by atoms with Gasteiger partial charge in [-0.25, -0.2) is 0 Å². The average Bonchev–Trinajstić information content (AvgIpc) is 2.85. The number of carbonyl (C=O) groups is 1. The van der Waals surface area contributed by atoms with Crippen LogP contribution in [-0.2, 0) is 11.3 Å². The minimum atomic E-state index is 0.0922. The SMILES string of the molecule is COc1cccc(CN2CCCC[C@@H]3CN(CC[C@@H]3OC)C(=O)c3cccc(c3)OCC2)c1. The lowest BCUT2D eigenvalue weighted by Gasteiger charge is -2.38. The molecule has 4 bridgehead atoms. The number of rotatable bonds is 4. The lowest BCUT2D eigenvalue weighted by atomic mass is 9.89. The summed E-state index contributed by atoms with van der Waals surface area (Å²) in [6, 6.07) is 15.9. The van der Waals surface area contributed by atoms with Gasteiger partial charge in [-0.05, 0) is 61.7 Å². The van der Waals surface area contributed by atoms with E-state index in [2.05, 4.69) is 17.0 Å². The zero-order valence-electron chi connectivity index (χ0n) is 19.9. The molecule has 2 heterocycles. The summed E-state index contributed by atoms with van der Waals surface area (Å²) >= 11 is 0. The Bertz CT molecular complexity index is 918. The number of ether oxygens (including phenoxy) is 3. The molecular weight excluding hydrogens is 416 g/mol. The van der Waals surface area contributed by atoms with Crippen molar-refractivity contribution in [3.63, 3.8) is 0 Å². The summed E-state index contributed by atoms with van der Waals surface area (Å²) in [6.45, 7) is 4.78. The van der Waals surface area contributed by atoms with E-state index in [0.717, 1.165) is 69.9 Å². The summed E-state index contributed by atoms with van der Waals surface area (Å²) in [5.41, 5.74) is 1.94. The molecule has 33 heavy (non-hydrogen) atoms. The molecule has 1 saturated heterocycles. The number of amides is 1. The normalized spacial score (nSPS) is 22.7. The number of benzene rings is 2. The highest BCUT2D eigenvalue weighted by Crippen LogP contribution is 2.27. The third-order valence-corrected chi connectivity index (χ3v) is 6.85. The molecule has 0 unspecified atom stereocenters. The Morgan fingerprint density at radius 2 is 1.88 bits per heavy atom. The smallest absolute Gasteiger partial charge is 0.254 e. The Morgan fingerprint density at radius 1 is 1.00 bits per heavy atom. The maximum atomic E-state index is 13.2. The Kier molecular flexibility index (Phi) is 8.24. The van der Waals surface area contributed by atoms with E-state index >= 15 is 0 Å². The molecule has 178 valence electrons. The molecule has 0 radical (unpaired) electrons. The molecule has 2 atom stereocenters. The predicted octanol–water partition coefficient (Wildman–Crippen LogP) is 4.24. The first-order valence-electron chi connectivity index (χ1n) is 12.1. The maximum Gasteiger partial charge on any atom is 0.254 e. The standard InChI is InChI=1S/C27H36N2O4/c1-31-24-10-5-7-21(17-24)19-28-13-4-3-8-23-20-29(14-12-26(23)32-2)27(30)22-9-6-11-25(18-22)33-16-15-28/h5-7,9-11,17-18,23,26H,3-4,8,12-16,19-20H2,1-2H3/t23-,26+/m1/s1. The Hall–Kier alpha value is -2.57. The van der Waals surface area contributed by atoms with Gasteiger partial charge in [0.15, 0.2) is 0 Å². The highest BCUT2D eigenvalue weighted by atomic mass is 16.5. The monoisotopic (exact) mass is 452 g/mol. The van der Waals surface area contributed by atoms with Gasteiger partial charge < -0.3 is 19.1 Å². The molecule has 4 rings (SSSR count). The van der Waals surface area contributed by atoms with E-state index in [0.29, 0.717) is 18.1 Å². The van der Waals surface area contributed by atoms with Crippen LogP contribution in [0.4, 0.5) is 0 Å². The average molecular weight is 453 g/mol. The van der Waals surface area contributed by atoms with Gasteiger partial charge in [-0.1, -0.05) is 24.6 Å². The van der Waals surface area contributed by atoms with Crippen molar-refractivity contribution in [2.45, 2.75) is 38.3 Å². The number of methoxy groups -OCH3 is 2. The molecule has 0 aromatic heterocycles. The number of hydrogen-bond donors (Lipinski definition) is 0. The van der Waals surface area contributed by atoms with Gasteiger partial charge in [0.25, 0.3) is 5.91 Å². The highest BCUT2D eigenvalue weighted by molar-refractivity contribution is 5.94. The molecule has 0 saturated carbocycles. The summed E-state index contributed by atoms with van der Waals surface area (Å²) in [4.78, 5) is 17.6. The molecule has 0 N–H and O–H groups in total. The number of piperidine rings is 1. The van der Waals surface area contributed by atoms with Gasteiger partial charge in [0, 0.05) is 44.8 Å². The van der Waals surface area contributed by atoms with Gasteiger partial charge in [-0.15, -0.1) is 0 Å². The third-order valence-electron chi connectivity index (χ3n) is 6.85. The van der Waals surface area contributed by atoms with Gasteiger partial charge in [0.1, 0.15) is 18.1 Å². The van der Waals surface area contributed by atoms with E-state index in [9.17, 15) is 4.79 Å². The van der Waals surface area contributed by atoms with E-state index in [1.165, 1.54) is 5.56 Å². The lowest BCUT2D eigenvalue weighted by molar-refractivity contribution is -0.00676. The molecule has 2 aliphatic heterocycles. The molecule has 1 amide bonds. The zero-order chi connectivity index (χ0) is 23.0. The van der Waals surface area contributed by atoms with E-state index in [1.807, 2.05) is 41.3 Å². The molecular formula is C27H36N2O4. The van der Waals surface area contributed by atoms with Gasteiger partial charge >= 0.3 is 0 Å². The molecule has 6 heteroatoms. The molecule has 1 fully saturated rings. The van der Waals surface area contributed by atoms with Crippen molar-refractivity contribution < 1.29 is 19.0 Å². The molecule has 2 aromatic rings. The van der Waals surface area contributed by atoms with Crippen LogP contribution < -0.4 is 9.47 Å². The molecule has 6 nitrogen and oxygen atoms in total. The second-order valence-electron chi connectivity index (χ2n) is 9.07. The maximum absolute atomic E-state index is 13.2. The van der Waals surface area contributed by atoms with Crippen molar-refractivity contribution >= 4 is 5.91 Å². The number of hydrogen-bond acceptors (Lipinski definition) is 5. The van der Waals surface area contributed by atoms with E-state index in [-0.39, 0.29) is 12.0 Å². The van der Waals surface area contributed by atoms with Crippen molar-refractivity contribution in [3.05, 3.63) is 59.7 Å². The number of carbonyl (C=O) groups excluding carboxylic acids is 1. The third kappa shape index (κ3) is 6.27. The summed E-state index contributed by atoms with van der Waals surface area (Å²) in [5, 5.41) is 0. The largest absolute Gasteiger partial charge is 0.497 e. The quantitative estimate of drug-likeness (QED) is 0.695. The van der Waals surface area contributed by atoms with Crippen LogP contribution in [0.5, 0.6) is 11.5 Å². The summed E-state index contributed by atoms with van der Waals surface area (Å²) in [7, 11) is 3.50. The van der Waals surface area contributed by atoms with Crippen molar-refractivity contribution in [2.24, 2.45) is 5.92 Å². The van der Waals surface area contributed by atoms with E-state index in [1.54, 1.807) is 14.2 Å². The van der Waals surface area contributed by atoms with Crippen molar-refractivity contribution in [3.8, 4) is 11.5 Å². The van der Waals surface area contributed by atoms with Crippen molar-refractivity contribution in [1.29, 1.82) is 0 Å². The van der Waals surface area contributed by atoms with Gasteiger partial charge in [-0.2, -0.15) is 0 Å². The number of nitrogens with zero attached hydrogens (tertiary/aromatic N) is 2. The van der Waals surface area contributed by atoms with Crippen LogP contribution in [0.25, 0.3) is 0 Å².